The number of benzene rings is 1. The summed E-state index contributed by atoms with van der Waals surface area (Å²) in [5.41, 5.74) is 1.34. The molecular formula is C14H22N2O. The van der Waals surface area contributed by atoms with E-state index in [1.54, 1.807) is 0 Å². The van der Waals surface area contributed by atoms with Crippen molar-refractivity contribution in [2.24, 2.45) is 0 Å². The van der Waals surface area contributed by atoms with Crippen molar-refractivity contribution in [3.63, 3.8) is 0 Å². The highest BCUT2D eigenvalue weighted by atomic mass is 16.3. The summed E-state index contributed by atoms with van der Waals surface area (Å²) >= 11 is 0. The van der Waals surface area contributed by atoms with E-state index in [1.165, 1.54) is 5.56 Å². The normalized spacial score (nSPS) is 22.8. The van der Waals surface area contributed by atoms with Crippen LogP contribution in [-0.2, 0) is 0 Å². The molecule has 0 amide bonds. The van der Waals surface area contributed by atoms with E-state index >= 15 is 0 Å². The van der Waals surface area contributed by atoms with E-state index in [9.17, 15) is 5.11 Å². The van der Waals surface area contributed by atoms with Gasteiger partial charge in [-0.05, 0) is 25.5 Å². The molecular weight excluding hydrogens is 212 g/mol. The van der Waals surface area contributed by atoms with Crippen molar-refractivity contribution in [1.82, 2.24) is 10.2 Å². The number of hydrogen-bond donors (Lipinski definition) is 2. The Hall–Kier alpha value is -0.900. The summed E-state index contributed by atoms with van der Waals surface area (Å²) in [5.74, 6) is 0. The Morgan fingerprint density at radius 1 is 1.41 bits per heavy atom. The number of β-amino-alcohol motifs (C(OH)–C–C–N with tert-alkyl or cyclic N) is 1. The van der Waals surface area contributed by atoms with Gasteiger partial charge < -0.3 is 15.3 Å². The summed E-state index contributed by atoms with van der Waals surface area (Å²) in [6.07, 6.45) is 1.91. The molecule has 0 aliphatic carbocycles. The van der Waals surface area contributed by atoms with Crippen LogP contribution in [0, 0.1) is 0 Å². The summed E-state index contributed by atoms with van der Waals surface area (Å²) in [7, 11) is 2.01. The third kappa shape index (κ3) is 3.53. The molecule has 0 bridgehead atoms. The van der Waals surface area contributed by atoms with Gasteiger partial charge in [-0.1, -0.05) is 30.3 Å². The molecule has 2 N–H and O–H groups in total. The van der Waals surface area contributed by atoms with Gasteiger partial charge in [0.1, 0.15) is 0 Å². The third-order valence-corrected chi connectivity index (χ3v) is 3.53. The predicted molar refractivity (Wildman–Crippen MR) is 69.9 cm³/mol. The minimum atomic E-state index is -0.111. The summed E-state index contributed by atoms with van der Waals surface area (Å²) in [4.78, 5) is 2.35. The molecule has 0 radical (unpaired) electrons. The van der Waals surface area contributed by atoms with Crippen molar-refractivity contribution in [1.29, 1.82) is 0 Å². The lowest BCUT2D eigenvalue weighted by molar-refractivity contribution is 0.175. The fraction of sp³-hybridized carbons (Fsp3) is 0.571. The second-order valence-electron chi connectivity index (χ2n) is 4.78. The quantitative estimate of drug-likeness (QED) is 0.808. The molecule has 1 heterocycles. The molecule has 1 aromatic rings. The van der Waals surface area contributed by atoms with Crippen LogP contribution >= 0.6 is 0 Å². The molecule has 2 unspecified atom stereocenters. The minimum Gasteiger partial charge on any atom is -0.392 e. The van der Waals surface area contributed by atoms with E-state index in [-0.39, 0.29) is 6.10 Å². The summed E-state index contributed by atoms with van der Waals surface area (Å²) in [5, 5.41) is 12.8. The second-order valence-corrected chi connectivity index (χ2v) is 4.78. The van der Waals surface area contributed by atoms with E-state index in [0.29, 0.717) is 6.04 Å². The van der Waals surface area contributed by atoms with E-state index in [0.717, 1.165) is 32.5 Å². The predicted octanol–water partition coefficient (Wildman–Crippen LogP) is 1.40. The molecule has 0 spiro atoms. The fourth-order valence-corrected chi connectivity index (χ4v) is 2.49. The van der Waals surface area contributed by atoms with E-state index in [1.807, 2.05) is 13.1 Å². The molecule has 1 aromatic carbocycles. The zero-order valence-electron chi connectivity index (χ0n) is 10.5. The molecule has 3 heteroatoms. The van der Waals surface area contributed by atoms with Gasteiger partial charge in [0, 0.05) is 25.7 Å². The second kappa shape index (κ2) is 6.15. The van der Waals surface area contributed by atoms with Gasteiger partial charge in [-0.15, -0.1) is 0 Å². The Bertz CT molecular complexity index is 328. The highest BCUT2D eigenvalue weighted by Crippen LogP contribution is 2.18. The number of rotatable bonds is 5. The molecule has 2 atom stereocenters. The third-order valence-electron chi connectivity index (χ3n) is 3.53. The Morgan fingerprint density at radius 2 is 2.18 bits per heavy atom. The topological polar surface area (TPSA) is 35.5 Å². The maximum atomic E-state index is 9.48. The molecule has 1 saturated heterocycles. The molecule has 2 rings (SSSR count). The van der Waals surface area contributed by atoms with Crippen LogP contribution in [0.3, 0.4) is 0 Å². The van der Waals surface area contributed by atoms with Gasteiger partial charge in [0.2, 0.25) is 0 Å². The Morgan fingerprint density at radius 3 is 2.76 bits per heavy atom. The Labute approximate surface area is 103 Å². The van der Waals surface area contributed by atoms with Crippen LogP contribution in [0.1, 0.15) is 24.4 Å². The Kier molecular flexibility index (Phi) is 4.54. The number of hydrogen-bond acceptors (Lipinski definition) is 3. The van der Waals surface area contributed by atoms with Gasteiger partial charge in [-0.3, -0.25) is 0 Å². The van der Waals surface area contributed by atoms with Crippen molar-refractivity contribution in [3.05, 3.63) is 35.9 Å². The molecule has 1 fully saturated rings. The van der Waals surface area contributed by atoms with Gasteiger partial charge in [0.25, 0.3) is 0 Å². The van der Waals surface area contributed by atoms with Crippen LogP contribution in [0.2, 0.25) is 0 Å². The molecule has 17 heavy (non-hydrogen) atoms. The van der Waals surface area contributed by atoms with Gasteiger partial charge in [-0.2, -0.15) is 0 Å². The molecule has 0 saturated carbocycles. The monoisotopic (exact) mass is 234 g/mol. The smallest absolute Gasteiger partial charge is 0.0679 e. The van der Waals surface area contributed by atoms with E-state index in [2.05, 4.69) is 34.5 Å². The van der Waals surface area contributed by atoms with Gasteiger partial charge >= 0.3 is 0 Å². The largest absolute Gasteiger partial charge is 0.392 e. The number of aliphatic hydroxyl groups is 1. The molecule has 94 valence electrons. The molecule has 1 aliphatic rings. The zero-order chi connectivity index (χ0) is 12.1. The number of nitrogens with one attached hydrogen (secondary N) is 1. The first-order valence-electron chi connectivity index (χ1n) is 6.42. The molecule has 3 nitrogen and oxygen atoms in total. The number of aliphatic hydroxyl groups excluding tert-OH is 1. The number of nitrogens with zero attached hydrogens (tertiary/aromatic N) is 1. The average Bonchev–Trinajstić information content (AvgIpc) is 2.77. The first-order chi connectivity index (χ1) is 8.29. The van der Waals surface area contributed by atoms with Crippen molar-refractivity contribution >= 4 is 0 Å². The first-order valence-corrected chi connectivity index (χ1v) is 6.42. The highest BCUT2D eigenvalue weighted by Gasteiger charge is 2.20. The maximum absolute atomic E-state index is 9.48. The first kappa shape index (κ1) is 12.6. The van der Waals surface area contributed by atoms with Crippen LogP contribution in [-0.4, -0.2) is 42.8 Å². The Balaban J connectivity index is 1.84. The maximum Gasteiger partial charge on any atom is 0.0679 e. The summed E-state index contributed by atoms with van der Waals surface area (Å²) < 4.78 is 0. The van der Waals surface area contributed by atoms with E-state index < -0.39 is 0 Å². The van der Waals surface area contributed by atoms with Gasteiger partial charge in [-0.25, -0.2) is 0 Å². The van der Waals surface area contributed by atoms with Gasteiger partial charge in [0.15, 0.2) is 0 Å². The fourth-order valence-electron chi connectivity index (χ4n) is 2.49. The lowest BCUT2D eigenvalue weighted by Gasteiger charge is -2.21. The van der Waals surface area contributed by atoms with Crippen LogP contribution in [0.5, 0.6) is 0 Å². The number of likely N-dealkylation sites (tertiary alicyclic amines) is 1. The lowest BCUT2D eigenvalue weighted by Crippen LogP contribution is -2.27. The van der Waals surface area contributed by atoms with Crippen molar-refractivity contribution in [2.75, 3.05) is 26.7 Å². The molecule has 0 aromatic heterocycles. The minimum absolute atomic E-state index is 0.111. The van der Waals surface area contributed by atoms with Crippen molar-refractivity contribution in [2.45, 2.75) is 25.0 Å². The summed E-state index contributed by atoms with van der Waals surface area (Å²) in [6, 6.07) is 11.0. The van der Waals surface area contributed by atoms with Gasteiger partial charge in [0.05, 0.1) is 6.10 Å². The summed E-state index contributed by atoms with van der Waals surface area (Å²) in [6.45, 7) is 2.93. The van der Waals surface area contributed by atoms with E-state index in [4.69, 9.17) is 0 Å². The average molecular weight is 234 g/mol. The van der Waals surface area contributed by atoms with Crippen LogP contribution < -0.4 is 5.32 Å². The zero-order valence-corrected chi connectivity index (χ0v) is 10.5. The van der Waals surface area contributed by atoms with Crippen molar-refractivity contribution in [3.8, 4) is 0 Å². The van der Waals surface area contributed by atoms with Crippen LogP contribution in [0.15, 0.2) is 30.3 Å². The van der Waals surface area contributed by atoms with Crippen molar-refractivity contribution < 1.29 is 5.11 Å². The van der Waals surface area contributed by atoms with Crippen LogP contribution in [0.25, 0.3) is 0 Å². The van der Waals surface area contributed by atoms with Crippen LogP contribution in [0.4, 0.5) is 0 Å². The highest BCUT2D eigenvalue weighted by molar-refractivity contribution is 5.18. The molecule has 1 aliphatic heterocycles. The standard InChI is InChI=1S/C14H22N2O/c1-15-14(12-5-3-2-4-6-12)8-10-16-9-7-13(17)11-16/h2-6,13-15,17H,7-11H2,1H3. The SMILES string of the molecule is CNC(CCN1CCC(O)C1)c1ccccc1. The lowest BCUT2D eigenvalue weighted by atomic mass is 10.0.